The number of benzene rings is 3. The lowest BCUT2D eigenvalue weighted by Gasteiger charge is -2.50. The summed E-state index contributed by atoms with van der Waals surface area (Å²) >= 11 is 12.9. The number of phenolic OH excluding ortho intramolecular Hbond substituents is 3. The number of aromatic hydroxyl groups is 3. The molecule has 11 heterocycles. The van der Waals surface area contributed by atoms with Crippen LogP contribution in [0.3, 0.4) is 0 Å². The quantitative estimate of drug-likeness (QED) is 0.0277. The Labute approximate surface area is 704 Å². The van der Waals surface area contributed by atoms with E-state index in [4.69, 9.17) is 151 Å². The Hall–Kier alpha value is -5.83. The van der Waals surface area contributed by atoms with E-state index < -0.39 is 267 Å². The van der Waals surface area contributed by atoms with Gasteiger partial charge in [0.1, 0.15) is 139 Å². The molecule has 0 unspecified atom stereocenters. The summed E-state index contributed by atoms with van der Waals surface area (Å²) in [4.78, 5) is 53.9. The second-order valence-corrected chi connectivity index (χ2v) is 33.1. The molecule has 0 saturated carbocycles. The summed E-state index contributed by atoms with van der Waals surface area (Å²) in [5, 5.41) is 93.7. The Morgan fingerprint density at radius 2 is 1.35 bits per heavy atom. The zero-order chi connectivity index (χ0) is 87.0. The summed E-state index contributed by atoms with van der Waals surface area (Å²) in [7, 11) is 6.54. The molecule has 0 aliphatic carbocycles. The van der Waals surface area contributed by atoms with Crippen molar-refractivity contribution in [3.8, 4) is 23.0 Å². The van der Waals surface area contributed by atoms with Crippen LogP contribution < -0.4 is 4.74 Å². The third kappa shape index (κ3) is 17.5. The molecular weight excluding hydrogens is 1660 g/mol. The number of phenols is 3. The van der Waals surface area contributed by atoms with Crippen LogP contribution in [0, 0.1) is 29.9 Å². The lowest BCUT2D eigenvalue weighted by Crippen LogP contribution is -2.68. The molecule has 11 aliphatic rings. The summed E-state index contributed by atoms with van der Waals surface area (Å²) in [6, 6.07) is 11.2. The second-order valence-electron chi connectivity index (χ2n) is 32.4. The van der Waals surface area contributed by atoms with Gasteiger partial charge in [0.15, 0.2) is 67.4 Å². The van der Waals surface area contributed by atoms with Gasteiger partial charge in [0.25, 0.3) is 11.5 Å². The minimum absolute atomic E-state index is 0.0714. The number of esters is 3. The number of carbonyl (C=O) groups excluding carboxylic acids is 3. The molecule has 674 valence electrons. The van der Waals surface area contributed by atoms with Gasteiger partial charge in [0.2, 0.25) is 0 Å². The summed E-state index contributed by atoms with van der Waals surface area (Å²) in [6.07, 6.45) is -39.6. The van der Waals surface area contributed by atoms with E-state index in [1.54, 1.807) is 65.8 Å². The van der Waals surface area contributed by atoms with Crippen molar-refractivity contribution in [1.29, 1.82) is 0 Å². The van der Waals surface area contributed by atoms with Crippen molar-refractivity contribution in [2.45, 2.75) is 295 Å². The number of nitrogens with zero attached hydrogens (tertiary/aromatic N) is 1. The fourth-order valence-electron chi connectivity index (χ4n) is 18.6. The molecule has 11 aliphatic heterocycles. The van der Waals surface area contributed by atoms with Gasteiger partial charge in [-0.2, -0.15) is 0 Å². The molecule has 42 heteroatoms. The van der Waals surface area contributed by atoms with Crippen LogP contribution in [0.25, 0.3) is 0 Å². The van der Waals surface area contributed by atoms with E-state index in [1.807, 2.05) is 6.07 Å². The zero-order valence-electron chi connectivity index (χ0n) is 68.7. The predicted octanol–water partition coefficient (Wildman–Crippen LogP) is 3.30. The molecule has 7 N–H and O–H groups in total. The highest BCUT2D eigenvalue weighted by atomic mass is 35.5. The van der Waals surface area contributed by atoms with Gasteiger partial charge in [-0.15, -0.1) is 0 Å². The van der Waals surface area contributed by atoms with Crippen LogP contribution in [0.1, 0.15) is 105 Å². The normalized spacial score (nSPS) is 42.8. The smallest absolute Gasteiger partial charge is 0.342 e. The van der Waals surface area contributed by atoms with Crippen LogP contribution in [0.5, 0.6) is 23.0 Å². The third-order valence-electron chi connectivity index (χ3n) is 24.4. The molecule has 11 saturated heterocycles. The number of fused-ring (bicyclic) bond motifs is 4. The van der Waals surface area contributed by atoms with E-state index in [2.05, 4.69) is 0 Å². The lowest BCUT2D eigenvalue weighted by molar-refractivity contribution is -0.595. The van der Waals surface area contributed by atoms with Gasteiger partial charge in [-0.05, 0) is 78.1 Å². The zero-order valence-corrected chi connectivity index (χ0v) is 70.2. The number of ether oxygens (including phenoxy) is 27. The van der Waals surface area contributed by atoms with Crippen LogP contribution in [0.15, 0.2) is 42.5 Å². The average molecular weight is 1760 g/mol. The second kappa shape index (κ2) is 36.9. The Kier molecular flexibility index (Phi) is 27.8. The molecule has 11 fully saturated rings. The van der Waals surface area contributed by atoms with Gasteiger partial charge < -0.3 is 164 Å². The van der Waals surface area contributed by atoms with Gasteiger partial charge in [-0.25, -0.2) is 14.4 Å². The maximum atomic E-state index is 14.4. The largest absolute Gasteiger partial charge is 0.508 e. The van der Waals surface area contributed by atoms with Gasteiger partial charge in [0.05, 0.1) is 87.5 Å². The van der Waals surface area contributed by atoms with Crippen LogP contribution in [-0.2, 0) is 135 Å². The highest BCUT2D eigenvalue weighted by Gasteiger charge is 2.71. The topological polar surface area (TPSA) is 485 Å². The Bertz CT molecular complexity index is 4120. The minimum atomic E-state index is -2.08. The van der Waals surface area contributed by atoms with E-state index in [1.165, 1.54) is 62.4 Å². The average Bonchev–Trinajstić information content (AvgIpc) is 1.56. The molecule has 0 amide bonds. The van der Waals surface area contributed by atoms with Crippen LogP contribution >= 0.6 is 23.2 Å². The van der Waals surface area contributed by atoms with E-state index in [-0.39, 0.29) is 83.3 Å². The lowest BCUT2D eigenvalue weighted by atomic mass is 9.81. The van der Waals surface area contributed by atoms with Crippen molar-refractivity contribution >= 4 is 41.1 Å². The number of methoxy groups -OCH3 is 5. The van der Waals surface area contributed by atoms with Crippen molar-refractivity contribution in [1.82, 2.24) is 0 Å². The molecule has 35 atom stereocenters. The molecule has 40 nitrogen and oxygen atoms in total. The summed E-state index contributed by atoms with van der Waals surface area (Å²) in [5.41, 5.74) is -2.91. The number of aliphatic hydroxyl groups excluding tert-OH is 4. The van der Waals surface area contributed by atoms with Gasteiger partial charge in [-0.1, -0.05) is 53.5 Å². The van der Waals surface area contributed by atoms with Crippen molar-refractivity contribution < 1.29 is 183 Å². The highest BCUT2D eigenvalue weighted by molar-refractivity contribution is 6.39. The molecule has 121 heavy (non-hydrogen) atoms. The maximum absolute atomic E-state index is 14.4. The minimum Gasteiger partial charge on any atom is -0.508 e. The maximum Gasteiger partial charge on any atom is 0.342 e. The van der Waals surface area contributed by atoms with Crippen LogP contribution in [0.4, 0.5) is 0 Å². The monoisotopic (exact) mass is 1760 g/mol. The number of carbonyl (C=O) groups is 3. The van der Waals surface area contributed by atoms with E-state index in [0.717, 1.165) is 6.07 Å². The first-order valence-electron chi connectivity index (χ1n) is 39.8. The molecule has 3 aromatic carbocycles. The fourth-order valence-corrected chi connectivity index (χ4v) is 19.1. The first-order valence-corrected chi connectivity index (χ1v) is 40.5. The number of hydrogen-bond acceptors (Lipinski definition) is 39. The molecule has 0 bridgehead atoms. The van der Waals surface area contributed by atoms with Crippen molar-refractivity contribution in [3.63, 3.8) is 0 Å². The van der Waals surface area contributed by atoms with Crippen molar-refractivity contribution in [2.24, 2.45) is 5.92 Å². The number of halogens is 2. The summed E-state index contributed by atoms with van der Waals surface area (Å²) < 4.78 is 169. The Morgan fingerprint density at radius 3 is 2.03 bits per heavy atom. The number of aliphatic hydroxyl groups is 4. The number of hydrogen-bond donors (Lipinski definition) is 7. The Morgan fingerprint density at radius 1 is 0.636 bits per heavy atom. The fraction of sp³-hybridized carbons (Fsp3) is 0.734. The van der Waals surface area contributed by atoms with Crippen LogP contribution in [-0.4, -0.2) is 334 Å². The molecule has 0 radical (unpaired) electrons. The van der Waals surface area contributed by atoms with Gasteiger partial charge in [-0.3, -0.25) is 10.1 Å². The molecule has 14 rings (SSSR count). The van der Waals surface area contributed by atoms with Crippen LogP contribution in [0.2, 0.25) is 10.0 Å². The number of rotatable bonds is 25. The molecule has 2 spiro atoms. The summed E-state index contributed by atoms with van der Waals surface area (Å²) in [5.74, 6) is -9.38. The van der Waals surface area contributed by atoms with Crippen molar-refractivity contribution in [3.05, 3.63) is 90.4 Å². The highest BCUT2D eigenvalue weighted by Crippen LogP contribution is 2.54. The molecule has 0 aromatic heterocycles. The predicted molar refractivity (Wildman–Crippen MR) is 401 cm³/mol. The number of nitro groups is 1. The Balaban J connectivity index is 0.645. The first kappa shape index (κ1) is 91.4. The molecule has 3 aromatic rings. The van der Waals surface area contributed by atoms with E-state index >= 15 is 0 Å². The first-order chi connectivity index (χ1) is 57.5. The van der Waals surface area contributed by atoms with E-state index in [0.29, 0.717) is 5.56 Å². The van der Waals surface area contributed by atoms with Crippen molar-refractivity contribution in [2.75, 3.05) is 68.8 Å². The molecular formula is C79H105Cl2NO39. The standard InChI is InChI=1S/C79H105Cl2NO39/c1-31-20-39(83)21-40(84)49(31)70(91)111-45-28-105-79(69-61(45)103-30-104-69)118-46-27-102-73(65(60(46)119-79)101-29-47(86)100-25-38-18-16-15-17-19-38)116-74-64(98-13)55(88)59(44(112-74)26-95-10)114-72-56(89)63(58(96-11)35(5)108-72)115-75-66(90)77(9)68(37(7)109-75)120-78(121-77)23-41(85)51(33(3)117-78)42-22-43(110-48-24-76(8,82(93)94)67(99-14)36(6)107-48)57(34(4)106-42)113-71(92)50-32(2)52(80)54(87)53(81)62(50)97-12/h15-21,33-37,41-46,48,51,55-61,63-69,72-75,83-85,87-90H,22-30H2,1-14H3/t33-,34-,35-,36+,37-,41-,42-,43-,44-,45-,46+,48+,51-,55+,56-,57-,58+,59-,60-,61+,63-,64+,65-,66-,67+,68-,69-,72+,73+,74+,75+,76-,77-,78-,79-/m1/s1. The van der Waals surface area contributed by atoms with Gasteiger partial charge in [0, 0.05) is 58.7 Å². The van der Waals surface area contributed by atoms with Gasteiger partial charge >= 0.3 is 23.9 Å². The third-order valence-corrected chi connectivity index (χ3v) is 25.2. The summed E-state index contributed by atoms with van der Waals surface area (Å²) in [6.45, 7) is 11.9. The SMILES string of the molecule is COC[C@H]1O[C@@H](O[C@@H]2OC[C@@H]3O[C@@]4(OC[C@@H](OC(=O)c5c(C)cc(O)cc5O)[C@@H]5OCO[C@H]54)O[C@H]3[C@H]2OCC(=O)OCc2ccccc2)[C@@H](OC)[C@@H](O)[C@@H]1O[C@@H]1O[C@H](C)[C@H](OC)[C@H](O[C@@H]2O[C@H](C)[C@H]3O[C@]4(C[C@@H](O)[C@H]([C@H]5C[C@@H](O[C@H]6C[C@@](C)([N+](=O)[O-])[C@@H](OC)[C@H](C)O6)[C@H](OC(=O)c6c(C)c(Cl)c(O)c(Cl)c6OC)[C@@H](C)O5)[C@@H](C)O4)O[C@]3(C)[C@@H]2O)[C@H]1O. The van der Waals surface area contributed by atoms with E-state index in [9.17, 15) is 60.2 Å². The number of aryl methyl sites for hydroxylation is 1.